The Kier molecular flexibility index (Phi) is 2.86. The SMILES string of the molecule is Cc1ncc(N2CCN[C@@H](C)C2)nc1C. The highest BCUT2D eigenvalue weighted by atomic mass is 15.2. The second kappa shape index (κ2) is 4.14. The Morgan fingerprint density at radius 2 is 2.20 bits per heavy atom. The number of aromatic nitrogens is 2. The predicted octanol–water partition coefficient (Wildman–Crippen LogP) is 0.892. The van der Waals surface area contributed by atoms with E-state index in [1.807, 2.05) is 20.0 Å². The van der Waals surface area contributed by atoms with Gasteiger partial charge in [0, 0.05) is 25.7 Å². The van der Waals surface area contributed by atoms with Gasteiger partial charge >= 0.3 is 0 Å². The van der Waals surface area contributed by atoms with Crippen molar-refractivity contribution in [3.63, 3.8) is 0 Å². The third-order valence-corrected chi connectivity index (χ3v) is 2.87. The summed E-state index contributed by atoms with van der Waals surface area (Å²) in [6, 6.07) is 0.530. The molecule has 1 aromatic heterocycles. The van der Waals surface area contributed by atoms with Crippen molar-refractivity contribution in [3.8, 4) is 0 Å². The average Bonchev–Trinajstić information content (AvgIpc) is 2.22. The molecule has 1 fully saturated rings. The molecule has 0 aromatic carbocycles. The van der Waals surface area contributed by atoms with Gasteiger partial charge in [-0.25, -0.2) is 4.98 Å². The van der Waals surface area contributed by atoms with Crippen molar-refractivity contribution in [2.75, 3.05) is 24.5 Å². The molecule has 15 heavy (non-hydrogen) atoms. The topological polar surface area (TPSA) is 41.1 Å². The fraction of sp³-hybridized carbons (Fsp3) is 0.636. The van der Waals surface area contributed by atoms with E-state index in [0.717, 1.165) is 36.8 Å². The smallest absolute Gasteiger partial charge is 0.147 e. The number of nitrogens with one attached hydrogen (secondary N) is 1. The van der Waals surface area contributed by atoms with Crippen molar-refractivity contribution in [3.05, 3.63) is 17.6 Å². The van der Waals surface area contributed by atoms with Crippen molar-refractivity contribution >= 4 is 5.82 Å². The third kappa shape index (κ3) is 2.26. The minimum absolute atomic E-state index is 0.530. The van der Waals surface area contributed by atoms with E-state index in [1.165, 1.54) is 0 Å². The summed E-state index contributed by atoms with van der Waals surface area (Å²) in [6.07, 6.45) is 1.88. The van der Waals surface area contributed by atoms with Crippen LogP contribution in [0.3, 0.4) is 0 Å². The first-order valence-corrected chi connectivity index (χ1v) is 5.45. The van der Waals surface area contributed by atoms with Crippen LogP contribution in [0, 0.1) is 13.8 Å². The standard InChI is InChI=1S/C11H18N4/c1-8-7-15(5-4-12-8)11-6-13-9(2)10(3)14-11/h6,8,12H,4-5,7H2,1-3H3/t8-/m0/s1. The molecule has 1 atom stereocenters. The van der Waals surface area contributed by atoms with E-state index in [1.54, 1.807) is 0 Å². The van der Waals surface area contributed by atoms with E-state index in [9.17, 15) is 0 Å². The molecule has 0 spiro atoms. The molecule has 1 N–H and O–H groups in total. The van der Waals surface area contributed by atoms with E-state index >= 15 is 0 Å². The van der Waals surface area contributed by atoms with E-state index in [-0.39, 0.29) is 0 Å². The van der Waals surface area contributed by atoms with Gasteiger partial charge in [0.05, 0.1) is 17.6 Å². The molecular formula is C11H18N4. The number of hydrogen-bond acceptors (Lipinski definition) is 4. The van der Waals surface area contributed by atoms with Gasteiger partial charge in [-0.1, -0.05) is 0 Å². The Balaban J connectivity index is 2.18. The average molecular weight is 206 g/mol. The van der Waals surface area contributed by atoms with Crippen LogP contribution in [-0.4, -0.2) is 35.6 Å². The molecule has 2 rings (SSSR count). The number of hydrogen-bond donors (Lipinski definition) is 1. The van der Waals surface area contributed by atoms with Gasteiger partial charge in [0.2, 0.25) is 0 Å². The minimum atomic E-state index is 0.530. The zero-order valence-electron chi connectivity index (χ0n) is 9.62. The van der Waals surface area contributed by atoms with Crippen molar-refractivity contribution < 1.29 is 0 Å². The molecule has 82 valence electrons. The van der Waals surface area contributed by atoms with Crippen molar-refractivity contribution in [1.29, 1.82) is 0 Å². The van der Waals surface area contributed by atoms with Crippen molar-refractivity contribution in [2.24, 2.45) is 0 Å². The van der Waals surface area contributed by atoms with Gasteiger partial charge in [0.25, 0.3) is 0 Å². The molecular weight excluding hydrogens is 188 g/mol. The summed E-state index contributed by atoms with van der Waals surface area (Å²) in [7, 11) is 0. The Morgan fingerprint density at radius 1 is 1.40 bits per heavy atom. The normalized spacial score (nSPS) is 21.8. The lowest BCUT2D eigenvalue weighted by atomic mass is 10.2. The van der Waals surface area contributed by atoms with Crippen molar-refractivity contribution in [2.45, 2.75) is 26.8 Å². The summed E-state index contributed by atoms with van der Waals surface area (Å²) in [5.74, 6) is 1.01. The second-order valence-corrected chi connectivity index (χ2v) is 4.20. The van der Waals surface area contributed by atoms with E-state index in [4.69, 9.17) is 0 Å². The Morgan fingerprint density at radius 3 is 2.87 bits per heavy atom. The molecule has 4 nitrogen and oxygen atoms in total. The second-order valence-electron chi connectivity index (χ2n) is 4.20. The molecule has 0 amide bonds. The summed E-state index contributed by atoms with van der Waals surface area (Å²) in [4.78, 5) is 11.2. The highest BCUT2D eigenvalue weighted by Crippen LogP contribution is 2.13. The maximum Gasteiger partial charge on any atom is 0.147 e. The van der Waals surface area contributed by atoms with Crippen molar-refractivity contribution in [1.82, 2.24) is 15.3 Å². The fourth-order valence-electron chi connectivity index (χ4n) is 1.82. The van der Waals surface area contributed by atoms with Gasteiger partial charge in [-0.05, 0) is 20.8 Å². The van der Waals surface area contributed by atoms with Crippen LogP contribution in [0.1, 0.15) is 18.3 Å². The third-order valence-electron chi connectivity index (χ3n) is 2.87. The van der Waals surface area contributed by atoms with Gasteiger partial charge in [0.15, 0.2) is 0 Å². The van der Waals surface area contributed by atoms with E-state index in [2.05, 4.69) is 27.1 Å². The molecule has 0 unspecified atom stereocenters. The maximum absolute atomic E-state index is 4.57. The van der Waals surface area contributed by atoms with Crippen LogP contribution in [-0.2, 0) is 0 Å². The maximum atomic E-state index is 4.57. The number of nitrogens with zero attached hydrogens (tertiary/aromatic N) is 3. The van der Waals surface area contributed by atoms with Gasteiger partial charge in [-0.15, -0.1) is 0 Å². The molecule has 0 radical (unpaired) electrons. The molecule has 0 aliphatic carbocycles. The summed E-state index contributed by atoms with van der Waals surface area (Å²) in [5.41, 5.74) is 2.04. The van der Waals surface area contributed by atoms with Gasteiger partial charge in [-0.2, -0.15) is 0 Å². The van der Waals surface area contributed by atoms with Gasteiger partial charge < -0.3 is 10.2 Å². The monoisotopic (exact) mass is 206 g/mol. The number of aryl methyl sites for hydroxylation is 2. The fourth-order valence-corrected chi connectivity index (χ4v) is 1.82. The van der Waals surface area contributed by atoms with Crippen LogP contribution in [0.5, 0.6) is 0 Å². The van der Waals surface area contributed by atoms with Crippen LogP contribution in [0.15, 0.2) is 6.20 Å². The summed E-state index contributed by atoms with van der Waals surface area (Å²) in [6.45, 7) is 9.25. The zero-order chi connectivity index (χ0) is 10.8. The van der Waals surface area contributed by atoms with E-state index in [0.29, 0.717) is 6.04 Å². The lowest BCUT2D eigenvalue weighted by molar-refractivity contribution is 0.481. The van der Waals surface area contributed by atoms with Gasteiger partial charge in [-0.3, -0.25) is 4.98 Å². The molecule has 1 saturated heterocycles. The summed E-state index contributed by atoms with van der Waals surface area (Å²) in [5, 5.41) is 3.42. The first-order chi connectivity index (χ1) is 7.16. The lowest BCUT2D eigenvalue weighted by Crippen LogP contribution is -2.49. The van der Waals surface area contributed by atoms with Gasteiger partial charge in [0.1, 0.15) is 5.82 Å². The molecule has 1 aliphatic heterocycles. The Hall–Kier alpha value is -1.16. The van der Waals surface area contributed by atoms with Crippen LogP contribution < -0.4 is 10.2 Å². The summed E-state index contributed by atoms with van der Waals surface area (Å²) < 4.78 is 0. The molecule has 2 heterocycles. The summed E-state index contributed by atoms with van der Waals surface area (Å²) >= 11 is 0. The number of anilines is 1. The molecule has 0 bridgehead atoms. The number of rotatable bonds is 1. The minimum Gasteiger partial charge on any atom is -0.353 e. The predicted molar refractivity (Wildman–Crippen MR) is 61.2 cm³/mol. The Labute approximate surface area is 90.7 Å². The highest BCUT2D eigenvalue weighted by molar-refractivity contribution is 5.38. The first kappa shape index (κ1) is 10.4. The van der Waals surface area contributed by atoms with Crippen LogP contribution in [0.4, 0.5) is 5.82 Å². The van der Waals surface area contributed by atoms with E-state index < -0.39 is 0 Å². The zero-order valence-corrected chi connectivity index (χ0v) is 9.62. The number of piperazine rings is 1. The van der Waals surface area contributed by atoms with Crippen LogP contribution in [0.2, 0.25) is 0 Å². The molecule has 1 aromatic rings. The first-order valence-electron chi connectivity index (χ1n) is 5.45. The lowest BCUT2D eigenvalue weighted by Gasteiger charge is -2.32. The molecule has 4 heteroatoms. The quantitative estimate of drug-likeness (QED) is 0.741. The molecule has 1 aliphatic rings. The van der Waals surface area contributed by atoms with Crippen LogP contribution >= 0.6 is 0 Å². The largest absolute Gasteiger partial charge is 0.353 e. The Bertz CT molecular complexity index is 350. The van der Waals surface area contributed by atoms with Crippen LogP contribution in [0.25, 0.3) is 0 Å². The molecule has 0 saturated carbocycles. The highest BCUT2D eigenvalue weighted by Gasteiger charge is 2.17.